The lowest BCUT2D eigenvalue weighted by molar-refractivity contribution is 0.0600. The summed E-state index contributed by atoms with van der Waals surface area (Å²) in [7, 11) is 1.30. The summed E-state index contributed by atoms with van der Waals surface area (Å²) >= 11 is 3.25. The van der Waals surface area contributed by atoms with Crippen molar-refractivity contribution in [2.75, 3.05) is 7.11 Å². The van der Waals surface area contributed by atoms with Gasteiger partial charge < -0.3 is 14.0 Å². The number of carbonyl (C=O) groups is 1. The molecule has 8 heteroatoms. The van der Waals surface area contributed by atoms with Crippen molar-refractivity contribution >= 4 is 28.0 Å². The molecule has 3 aromatic rings. The first kappa shape index (κ1) is 23.4. The second-order valence-corrected chi connectivity index (χ2v) is 7.79. The minimum absolute atomic E-state index is 0.165. The lowest BCUT2D eigenvalue weighted by atomic mass is 10.0. The Balaban J connectivity index is 1.88. The van der Waals surface area contributed by atoms with Crippen LogP contribution in [0.5, 0.6) is 5.75 Å². The van der Waals surface area contributed by atoms with E-state index >= 15 is 0 Å². The molecule has 3 rings (SSSR count). The number of nitrogens with zero attached hydrogens (tertiary/aromatic N) is 1. The van der Waals surface area contributed by atoms with Gasteiger partial charge in [0.15, 0.2) is 0 Å². The minimum Gasteiger partial charge on any atom is -0.487 e. The van der Waals surface area contributed by atoms with Crippen molar-refractivity contribution in [2.45, 2.75) is 20.1 Å². The molecule has 1 heterocycles. The monoisotopic (exact) mass is 503 g/mol. The number of hydrogen-bond acceptors (Lipinski definition) is 4. The van der Waals surface area contributed by atoms with Crippen molar-refractivity contribution in [1.82, 2.24) is 4.57 Å². The highest BCUT2D eigenvalue weighted by Gasteiger charge is 2.16. The summed E-state index contributed by atoms with van der Waals surface area (Å²) < 4.78 is 39.0. The highest BCUT2D eigenvalue weighted by molar-refractivity contribution is 9.10. The minimum atomic E-state index is -0.726. The third kappa shape index (κ3) is 4.96. The number of halogens is 3. The number of rotatable bonds is 7. The fraction of sp³-hybridized carbons (Fsp3) is 0.167. The van der Waals surface area contributed by atoms with Crippen LogP contribution in [0.3, 0.4) is 0 Å². The Bertz CT molecular complexity index is 1250. The largest absolute Gasteiger partial charge is 0.487 e. The zero-order valence-electron chi connectivity index (χ0n) is 17.5. The Labute approximate surface area is 192 Å². The lowest BCUT2D eigenvalue weighted by Gasteiger charge is -2.15. The first-order valence-corrected chi connectivity index (χ1v) is 10.3. The Morgan fingerprint density at radius 1 is 1.19 bits per heavy atom. The second kappa shape index (κ2) is 9.91. The number of hydrogen-bond donors (Lipinski definition) is 0. The summed E-state index contributed by atoms with van der Waals surface area (Å²) in [6.07, 6.45) is 1.56. The van der Waals surface area contributed by atoms with Crippen LogP contribution in [0, 0.1) is 18.6 Å². The number of pyridine rings is 1. The maximum absolute atomic E-state index is 13.9. The van der Waals surface area contributed by atoms with E-state index < -0.39 is 17.6 Å². The van der Waals surface area contributed by atoms with Crippen LogP contribution in [0.1, 0.15) is 32.7 Å². The summed E-state index contributed by atoms with van der Waals surface area (Å²) in [5.74, 6) is -1.66. The maximum Gasteiger partial charge on any atom is 0.338 e. The molecule has 1 aromatic heterocycles. The molecule has 0 fully saturated rings. The van der Waals surface area contributed by atoms with Gasteiger partial charge in [-0.3, -0.25) is 4.79 Å². The highest BCUT2D eigenvalue weighted by atomic mass is 79.9. The highest BCUT2D eigenvalue weighted by Crippen LogP contribution is 2.25. The van der Waals surface area contributed by atoms with Gasteiger partial charge in [0.05, 0.1) is 19.2 Å². The molecule has 0 saturated heterocycles. The molecule has 32 heavy (non-hydrogen) atoms. The summed E-state index contributed by atoms with van der Waals surface area (Å²) in [6, 6.07) is 10.0. The molecular weight excluding hydrogens is 484 g/mol. The van der Waals surface area contributed by atoms with Crippen LogP contribution in [0.25, 0.3) is 6.08 Å². The molecule has 0 spiro atoms. The number of carbonyl (C=O) groups excluding carboxylic acids is 1. The molecule has 0 atom stereocenters. The van der Waals surface area contributed by atoms with Gasteiger partial charge in [0.2, 0.25) is 0 Å². The summed E-state index contributed by atoms with van der Waals surface area (Å²) in [5.41, 5.74) is 2.11. The normalized spacial score (nSPS) is 10.7. The number of ether oxygens (including phenoxy) is 2. The quantitative estimate of drug-likeness (QED) is 0.413. The average Bonchev–Trinajstić information content (AvgIpc) is 2.78. The summed E-state index contributed by atoms with van der Waals surface area (Å²) in [5, 5.41) is 0. The fourth-order valence-electron chi connectivity index (χ4n) is 3.16. The van der Waals surface area contributed by atoms with Gasteiger partial charge in [-0.15, -0.1) is 0 Å². The van der Waals surface area contributed by atoms with Crippen LogP contribution in [0.4, 0.5) is 8.78 Å². The molecule has 2 aromatic carbocycles. The molecule has 0 N–H and O–H groups in total. The van der Waals surface area contributed by atoms with E-state index in [-0.39, 0.29) is 34.5 Å². The molecule has 0 aliphatic carbocycles. The first-order valence-electron chi connectivity index (χ1n) is 9.55. The molecule has 0 saturated carbocycles. The predicted octanol–water partition coefficient (Wildman–Crippen LogP) is 5.25. The molecule has 0 aliphatic rings. The van der Waals surface area contributed by atoms with Gasteiger partial charge in [-0.2, -0.15) is 0 Å². The molecule has 0 radical (unpaired) electrons. The summed E-state index contributed by atoms with van der Waals surface area (Å²) in [4.78, 5) is 25.0. The van der Waals surface area contributed by atoms with Gasteiger partial charge in [0.25, 0.3) is 5.56 Å². The van der Waals surface area contributed by atoms with E-state index in [1.165, 1.54) is 17.7 Å². The van der Waals surface area contributed by atoms with Crippen LogP contribution in [0.2, 0.25) is 0 Å². The number of aryl methyl sites for hydroxylation is 1. The third-order valence-electron chi connectivity index (χ3n) is 4.90. The van der Waals surface area contributed by atoms with Crippen LogP contribution in [-0.4, -0.2) is 17.6 Å². The fourth-order valence-corrected chi connectivity index (χ4v) is 3.60. The number of benzene rings is 2. The predicted molar refractivity (Wildman–Crippen MR) is 121 cm³/mol. The topological polar surface area (TPSA) is 57.5 Å². The molecule has 5 nitrogen and oxygen atoms in total. The van der Waals surface area contributed by atoms with E-state index in [1.54, 1.807) is 37.3 Å². The standard InChI is InChI=1S/C24H20BrF2NO4/c1-4-16-6-5-15(10-19(16)24(30)31-3)12-28-14(2)9-21(22(25)23(28)29)32-13-17-7-8-18(26)11-20(17)27/h4-11H,1,12-13H2,2-3H3. The lowest BCUT2D eigenvalue weighted by Crippen LogP contribution is -2.24. The average molecular weight is 504 g/mol. The Kier molecular flexibility index (Phi) is 7.25. The van der Waals surface area contributed by atoms with Crippen LogP contribution < -0.4 is 10.3 Å². The molecule has 166 valence electrons. The van der Waals surface area contributed by atoms with Gasteiger partial charge in [-0.1, -0.05) is 24.8 Å². The van der Waals surface area contributed by atoms with Gasteiger partial charge in [0, 0.05) is 23.4 Å². The second-order valence-electron chi connectivity index (χ2n) is 7.00. The SMILES string of the molecule is C=Cc1ccc(Cn2c(C)cc(OCc3ccc(F)cc3F)c(Br)c2=O)cc1C(=O)OC. The zero-order valence-corrected chi connectivity index (χ0v) is 19.0. The third-order valence-corrected chi connectivity index (χ3v) is 5.63. The smallest absolute Gasteiger partial charge is 0.338 e. The van der Waals surface area contributed by atoms with E-state index in [4.69, 9.17) is 9.47 Å². The molecule has 0 bridgehead atoms. The van der Waals surface area contributed by atoms with E-state index in [0.717, 1.165) is 17.7 Å². The van der Waals surface area contributed by atoms with Crippen molar-refractivity contribution in [3.63, 3.8) is 0 Å². The first-order chi connectivity index (χ1) is 15.2. The van der Waals surface area contributed by atoms with Crippen LogP contribution in [0.15, 0.2) is 58.3 Å². The van der Waals surface area contributed by atoms with Gasteiger partial charge in [-0.05, 0) is 52.2 Å². The van der Waals surface area contributed by atoms with Gasteiger partial charge in [-0.25, -0.2) is 13.6 Å². The van der Waals surface area contributed by atoms with Crippen molar-refractivity contribution in [3.05, 3.63) is 103 Å². The molecular formula is C24H20BrF2NO4. The van der Waals surface area contributed by atoms with E-state index in [1.807, 2.05) is 0 Å². The van der Waals surface area contributed by atoms with E-state index in [9.17, 15) is 18.4 Å². The molecule has 0 amide bonds. The van der Waals surface area contributed by atoms with Crippen molar-refractivity contribution < 1.29 is 23.0 Å². The Morgan fingerprint density at radius 2 is 1.94 bits per heavy atom. The van der Waals surface area contributed by atoms with Crippen LogP contribution in [-0.2, 0) is 17.9 Å². The number of methoxy groups -OCH3 is 1. The van der Waals surface area contributed by atoms with Gasteiger partial charge >= 0.3 is 5.97 Å². The maximum atomic E-state index is 13.9. The Morgan fingerprint density at radius 3 is 2.59 bits per heavy atom. The molecule has 0 aliphatic heterocycles. The van der Waals surface area contributed by atoms with E-state index in [2.05, 4.69) is 22.5 Å². The van der Waals surface area contributed by atoms with Gasteiger partial charge in [0.1, 0.15) is 28.5 Å². The zero-order chi connectivity index (χ0) is 23.4. The summed E-state index contributed by atoms with van der Waals surface area (Å²) in [6.45, 7) is 5.47. The van der Waals surface area contributed by atoms with Crippen molar-refractivity contribution in [2.24, 2.45) is 0 Å². The number of esters is 1. The van der Waals surface area contributed by atoms with Crippen LogP contribution >= 0.6 is 15.9 Å². The Hall–Kier alpha value is -3.26. The van der Waals surface area contributed by atoms with Crippen molar-refractivity contribution in [3.8, 4) is 5.75 Å². The number of aromatic nitrogens is 1. The molecule has 0 unspecified atom stereocenters. The van der Waals surface area contributed by atoms with Crippen molar-refractivity contribution in [1.29, 1.82) is 0 Å². The van der Waals surface area contributed by atoms with E-state index in [0.29, 0.717) is 16.8 Å².